The molecule has 0 radical (unpaired) electrons. The van der Waals surface area contributed by atoms with E-state index >= 15 is 0 Å². The predicted octanol–water partition coefficient (Wildman–Crippen LogP) is 4.38. The number of amides is 1. The fraction of sp³-hybridized carbons (Fsp3) is 0.480. The van der Waals surface area contributed by atoms with Crippen molar-refractivity contribution in [2.75, 3.05) is 24.5 Å². The molecule has 1 amide bonds. The maximum absolute atomic E-state index is 12.9. The van der Waals surface area contributed by atoms with Crippen molar-refractivity contribution in [3.05, 3.63) is 54.1 Å². The van der Waals surface area contributed by atoms with Crippen molar-refractivity contribution in [1.29, 1.82) is 0 Å². The normalized spacial score (nSPS) is 21.0. The number of carbonyl (C=O) groups excluding carboxylic acids is 1. The number of fused-ring (bicyclic) bond motifs is 1. The molecule has 1 saturated carbocycles. The van der Waals surface area contributed by atoms with Crippen molar-refractivity contribution >= 4 is 21.6 Å². The number of piperidine rings is 1. The van der Waals surface area contributed by atoms with Gasteiger partial charge < -0.3 is 9.64 Å². The van der Waals surface area contributed by atoms with Crippen LogP contribution in [0.3, 0.4) is 0 Å². The SMILES string of the molecule is Cc1ccc(S(=O)(=O)N(C)c2ccc(OCC(=O)N3CCCC4CCCCC43)cc2)cc1. The highest BCUT2D eigenvalue weighted by Gasteiger charge is 2.35. The van der Waals surface area contributed by atoms with Crippen LogP contribution in [0.1, 0.15) is 44.1 Å². The van der Waals surface area contributed by atoms with Gasteiger partial charge in [0.15, 0.2) is 6.61 Å². The molecule has 2 atom stereocenters. The van der Waals surface area contributed by atoms with Crippen LogP contribution in [0.5, 0.6) is 5.75 Å². The van der Waals surface area contributed by atoms with Crippen molar-refractivity contribution in [2.45, 2.75) is 56.4 Å². The number of nitrogens with zero attached hydrogens (tertiary/aromatic N) is 2. The van der Waals surface area contributed by atoms with Gasteiger partial charge in [0.1, 0.15) is 5.75 Å². The molecule has 7 heteroatoms. The molecule has 6 nitrogen and oxygen atoms in total. The smallest absolute Gasteiger partial charge is 0.264 e. The summed E-state index contributed by atoms with van der Waals surface area (Å²) in [5.41, 5.74) is 1.54. The largest absolute Gasteiger partial charge is 0.484 e. The third-order valence-electron chi connectivity index (χ3n) is 6.81. The minimum Gasteiger partial charge on any atom is -0.484 e. The molecular formula is C25H32N2O4S. The van der Waals surface area contributed by atoms with Crippen LogP contribution in [0.25, 0.3) is 0 Å². The molecule has 1 aliphatic carbocycles. The Bertz CT molecular complexity index is 1030. The third-order valence-corrected chi connectivity index (χ3v) is 8.61. The lowest BCUT2D eigenvalue weighted by molar-refractivity contribution is -0.139. The fourth-order valence-electron chi connectivity index (χ4n) is 4.92. The number of sulfonamides is 1. The summed E-state index contributed by atoms with van der Waals surface area (Å²) in [5, 5.41) is 0. The van der Waals surface area contributed by atoms with E-state index in [1.165, 1.54) is 37.0 Å². The van der Waals surface area contributed by atoms with Crippen molar-refractivity contribution in [2.24, 2.45) is 5.92 Å². The average molecular weight is 457 g/mol. The number of hydrogen-bond donors (Lipinski definition) is 0. The summed E-state index contributed by atoms with van der Waals surface area (Å²) in [7, 11) is -2.11. The molecule has 172 valence electrons. The number of benzene rings is 2. The van der Waals surface area contributed by atoms with Crippen LogP contribution in [0, 0.1) is 12.8 Å². The predicted molar refractivity (Wildman–Crippen MR) is 125 cm³/mol. The Morgan fingerprint density at radius 1 is 1.00 bits per heavy atom. The van der Waals surface area contributed by atoms with Crippen molar-refractivity contribution in [3.8, 4) is 5.75 Å². The summed E-state index contributed by atoms with van der Waals surface area (Å²) in [6.07, 6.45) is 7.12. The van der Waals surface area contributed by atoms with E-state index in [2.05, 4.69) is 0 Å². The molecule has 1 aliphatic heterocycles. The first-order valence-electron chi connectivity index (χ1n) is 11.4. The highest BCUT2D eigenvalue weighted by Crippen LogP contribution is 2.35. The van der Waals surface area contributed by atoms with Gasteiger partial charge in [0.2, 0.25) is 0 Å². The molecule has 4 rings (SSSR count). The molecule has 0 spiro atoms. The van der Waals surface area contributed by atoms with Gasteiger partial charge in [0.05, 0.1) is 10.6 Å². The van der Waals surface area contributed by atoms with Crippen LogP contribution < -0.4 is 9.04 Å². The molecule has 0 N–H and O–H groups in total. The summed E-state index contributed by atoms with van der Waals surface area (Å²) in [6, 6.07) is 14.0. The van der Waals surface area contributed by atoms with Crippen LogP contribution in [-0.2, 0) is 14.8 Å². The number of aryl methyl sites for hydroxylation is 1. The van der Waals surface area contributed by atoms with Gasteiger partial charge >= 0.3 is 0 Å². The van der Waals surface area contributed by atoms with Crippen LogP contribution in [0.2, 0.25) is 0 Å². The lowest BCUT2D eigenvalue weighted by Gasteiger charge is -2.44. The Morgan fingerprint density at radius 2 is 1.66 bits per heavy atom. The minimum atomic E-state index is -3.64. The van der Waals surface area contributed by atoms with E-state index in [9.17, 15) is 13.2 Å². The van der Waals surface area contributed by atoms with Gasteiger partial charge in [-0.1, -0.05) is 30.5 Å². The highest BCUT2D eigenvalue weighted by atomic mass is 32.2. The first-order valence-corrected chi connectivity index (χ1v) is 12.9. The molecule has 32 heavy (non-hydrogen) atoms. The average Bonchev–Trinajstić information content (AvgIpc) is 2.82. The van der Waals surface area contributed by atoms with Gasteiger partial charge in [0.25, 0.3) is 15.9 Å². The highest BCUT2D eigenvalue weighted by molar-refractivity contribution is 7.92. The second-order valence-electron chi connectivity index (χ2n) is 8.91. The molecule has 0 bridgehead atoms. The van der Waals surface area contributed by atoms with E-state index < -0.39 is 10.0 Å². The Hall–Kier alpha value is -2.54. The van der Waals surface area contributed by atoms with Crippen molar-refractivity contribution < 1.29 is 17.9 Å². The van der Waals surface area contributed by atoms with E-state index in [0.29, 0.717) is 23.4 Å². The molecule has 2 unspecified atom stereocenters. The summed E-state index contributed by atoms with van der Waals surface area (Å²) >= 11 is 0. The molecule has 1 saturated heterocycles. The monoisotopic (exact) mass is 456 g/mol. The van der Waals surface area contributed by atoms with E-state index in [0.717, 1.165) is 24.9 Å². The lowest BCUT2D eigenvalue weighted by atomic mass is 9.78. The topological polar surface area (TPSA) is 66.9 Å². The second-order valence-corrected chi connectivity index (χ2v) is 10.9. The fourth-order valence-corrected chi connectivity index (χ4v) is 6.12. The van der Waals surface area contributed by atoms with Gasteiger partial charge in [0, 0.05) is 19.6 Å². The number of ether oxygens (including phenoxy) is 1. The number of anilines is 1. The van der Waals surface area contributed by atoms with E-state index in [4.69, 9.17) is 4.74 Å². The van der Waals surface area contributed by atoms with Crippen LogP contribution in [0.4, 0.5) is 5.69 Å². The maximum atomic E-state index is 12.9. The number of hydrogen-bond acceptors (Lipinski definition) is 4. The Labute approximate surface area is 191 Å². The van der Waals surface area contributed by atoms with E-state index in [-0.39, 0.29) is 17.4 Å². The van der Waals surface area contributed by atoms with E-state index in [1.54, 1.807) is 48.5 Å². The van der Waals surface area contributed by atoms with Gasteiger partial charge in [-0.2, -0.15) is 0 Å². The summed E-state index contributed by atoms with van der Waals surface area (Å²) in [4.78, 5) is 15.1. The van der Waals surface area contributed by atoms with Gasteiger partial charge in [-0.15, -0.1) is 0 Å². The summed E-state index contributed by atoms with van der Waals surface area (Å²) in [6.45, 7) is 2.76. The molecule has 1 heterocycles. The number of carbonyl (C=O) groups is 1. The summed E-state index contributed by atoms with van der Waals surface area (Å²) < 4.78 is 32.8. The van der Waals surface area contributed by atoms with Gasteiger partial charge in [-0.3, -0.25) is 9.10 Å². The molecular weight excluding hydrogens is 424 g/mol. The van der Waals surface area contributed by atoms with Gasteiger partial charge in [-0.25, -0.2) is 8.42 Å². The number of likely N-dealkylation sites (tertiary alicyclic amines) is 1. The third kappa shape index (κ3) is 4.77. The molecule has 0 aromatic heterocycles. The van der Waals surface area contributed by atoms with Crippen LogP contribution in [-0.4, -0.2) is 45.5 Å². The van der Waals surface area contributed by atoms with E-state index in [1.807, 2.05) is 11.8 Å². The zero-order valence-electron chi connectivity index (χ0n) is 18.9. The lowest BCUT2D eigenvalue weighted by Crippen LogP contribution is -2.51. The molecule has 2 aliphatic rings. The summed E-state index contributed by atoms with van der Waals surface area (Å²) in [5.74, 6) is 1.25. The Balaban J connectivity index is 1.37. The quantitative estimate of drug-likeness (QED) is 0.647. The van der Waals surface area contributed by atoms with Crippen LogP contribution >= 0.6 is 0 Å². The molecule has 2 fully saturated rings. The molecule has 2 aromatic rings. The van der Waals surface area contributed by atoms with Crippen molar-refractivity contribution in [3.63, 3.8) is 0 Å². The first kappa shape index (κ1) is 22.6. The molecule has 2 aromatic carbocycles. The zero-order chi connectivity index (χ0) is 22.7. The second kappa shape index (κ2) is 9.53. The first-order chi connectivity index (χ1) is 15.4. The Morgan fingerprint density at radius 3 is 2.38 bits per heavy atom. The number of rotatable bonds is 6. The van der Waals surface area contributed by atoms with Crippen LogP contribution in [0.15, 0.2) is 53.4 Å². The maximum Gasteiger partial charge on any atom is 0.264 e. The zero-order valence-corrected chi connectivity index (χ0v) is 19.7. The standard InChI is InChI=1S/C25H32N2O4S/c1-19-9-15-23(16-10-19)32(29,30)26(2)21-11-13-22(14-12-21)31-18-25(28)27-17-5-7-20-6-3-4-8-24(20)27/h9-16,20,24H,3-8,17-18H2,1-2H3. The van der Waals surface area contributed by atoms with Gasteiger partial charge in [-0.05, 0) is 74.9 Å². The minimum absolute atomic E-state index is 0.0140. The Kier molecular flexibility index (Phi) is 6.74. The van der Waals surface area contributed by atoms with Crippen molar-refractivity contribution in [1.82, 2.24) is 4.90 Å².